The number of anilines is 2. The summed E-state index contributed by atoms with van der Waals surface area (Å²) in [5.41, 5.74) is 4.83. The summed E-state index contributed by atoms with van der Waals surface area (Å²) in [6.45, 7) is 8.01. The number of rotatable bonds is 5. The number of aryl methyl sites for hydroxylation is 1. The maximum absolute atomic E-state index is 12.0. The number of hydrogen-bond donors (Lipinski definition) is 1. The number of piperazine rings is 1. The van der Waals surface area contributed by atoms with E-state index in [0.717, 1.165) is 63.6 Å². The highest BCUT2D eigenvalue weighted by Crippen LogP contribution is 2.35. The van der Waals surface area contributed by atoms with Crippen molar-refractivity contribution in [3.8, 4) is 6.01 Å². The number of likely N-dealkylation sites (tertiary alicyclic amines) is 1. The fraction of sp³-hybridized carbons (Fsp3) is 0.464. The third-order valence-corrected chi connectivity index (χ3v) is 7.91. The Hall–Kier alpha value is -3.39. The molecule has 0 radical (unpaired) electrons. The predicted molar refractivity (Wildman–Crippen MR) is 142 cm³/mol. The van der Waals surface area contributed by atoms with E-state index in [-0.39, 0.29) is 11.9 Å². The first-order chi connectivity index (χ1) is 17.6. The Morgan fingerprint density at radius 1 is 1.03 bits per heavy atom. The normalized spacial score (nSPS) is 20.2. The molecule has 4 heterocycles. The molecule has 8 heteroatoms. The summed E-state index contributed by atoms with van der Waals surface area (Å²) >= 11 is 0. The lowest BCUT2D eigenvalue weighted by Gasteiger charge is -2.35. The third-order valence-electron chi connectivity index (χ3n) is 7.91. The summed E-state index contributed by atoms with van der Waals surface area (Å²) in [7, 11) is 1.85. The van der Waals surface area contributed by atoms with E-state index in [9.17, 15) is 4.79 Å². The molecule has 1 amide bonds. The molecule has 2 saturated heterocycles. The van der Waals surface area contributed by atoms with Crippen molar-refractivity contribution in [2.45, 2.75) is 38.8 Å². The Morgan fingerprint density at radius 2 is 1.83 bits per heavy atom. The number of nitrogens with one attached hydrogen (secondary N) is 1. The van der Waals surface area contributed by atoms with Gasteiger partial charge in [-0.2, -0.15) is 9.97 Å². The lowest BCUT2D eigenvalue weighted by atomic mass is 9.99. The van der Waals surface area contributed by atoms with Crippen LogP contribution in [-0.4, -0.2) is 73.2 Å². The number of likely N-dealkylation sites (N-methyl/N-ethyl adjacent to an activating group) is 1. The summed E-state index contributed by atoms with van der Waals surface area (Å²) < 4.78 is 6.16. The first-order valence-corrected chi connectivity index (χ1v) is 13.1. The maximum atomic E-state index is 12.0. The van der Waals surface area contributed by atoms with Gasteiger partial charge in [0, 0.05) is 62.8 Å². The number of benzene rings is 2. The number of nitrogens with zero attached hydrogens (tertiary/aromatic N) is 5. The first-order valence-electron chi connectivity index (χ1n) is 13.1. The molecule has 3 aliphatic rings. The van der Waals surface area contributed by atoms with Gasteiger partial charge in [-0.25, -0.2) is 0 Å². The van der Waals surface area contributed by atoms with Gasteiger partial charge in [0.15, 0.2) is 0 Å². The Kier molecular flexibility index (Phi) is 6.13. The van der Waals surface area contributed by atoms with Crippen molar-refractivity contribution in [2.75, 3.05) is 56.2 Å². The van der Waals surface area contributed by atoms with Crippen molar-refractivity contribution in [3.05, 3.63) is 53.2 Å². The molecule has 0 unspecified atom stereocenters. The molecule has 1 N–H and O–H groups in total. The number of fused-ring (bicyclic) bond motifs is 2. The molecule has 0 bridgehead atoms. The molecular weight excluding hydrogens is 452 g/mol. The average molecular weight is 487 g/mol. The van der Waals surface area contributed by atoms with Crippen molar-refractivity contribution < 1.29 is 9.53 Å². The molecule has 0 saturated carbocycles. The van der Waals surface area contributed by atoms with Crippen molar-refractivity contribution in [1.82, 2.24) is 20.2 Å². The highest BCUT2D eigenvalue weighted by molar-refractivity contribution is 5.97. The van der Waals surface area contributed by atoms with Crippen LogP contribution in [0.5, 0.6) is 6.01 Å². The van der Waals surface area contributed by atoms with Gasteiger partial charge in [0.05, 0.1) is 18.3 Å². The van der Waals surface area contributed by atoms with E-state index in [2.05, 4.69) is 58.4 Å². The Balaban J connectivity index is 1.33. The van der Waals surface area contributed by atoms with Crippen LogP contribution in [0.1, 0.15) is 29.7 Å². The van der Waals surface area contributed by atoms with Crippen molar-refractivity contribution in [1.29, 1.82) is 0 Å². The van der Waals surface area contributed by atoms with Crippen LogP contribution < -0.4 is 19.9 Å². The fourth-order valence-corrected chi connectivity index (χ4v) is 5.80. The second-order valence-electron chi connectivity index (χ2n) is 10.1. The summed E-state index contributed by atoms with van der Waals surface area (Å²) in [5.74, 6) is 1.19. The highest BCUT2D eigenvalue weighted by atomic mass is 16.5. The molecule has 1 aromatic heterocycles. The number of amides is 1. The Bertz CT molecular complexity index is 1280. The average Bonchev–Trinajstić information content (AvgIpc) is 3.24. The molecule has 3 aliphatic heterocycles. The number of carbonyl (C=O) groups is 1. The van der Waals surface area contributed by atoms with E-state index in [1.54, 1.807) is 4.90 Å². The van der Waals surface area contributed by atoms with Gasteiger partial charge in [-0.15, -0.1) is 0 Å². The molecule has 8 nitrogen and oxygen atoms in total. The molecule has 0 aliphatic carbocycles. The van der Waals surface area contributed by atoms with Gasteiger partial charge in [-0.05, 0) is 36.8 Å². The van der Waals surface area contributed by atoms with Gasteiger partial charge in [-0.3, -0.25) is 4.79 Å². The van der Waals surface area contributed by atoms with Crippen LogP contribution in [0.15, 0.2) is 36.4 Å². The van der Waals surface area contributed by atoms with Crippen molar-refractivity contribution in [2.24, 2.45) is 0 Å². The van der Waals surface area contributed by atoms with E-state index in [0.29, 0.717) is 19.0 Å². The van der Waals surface area contributed by atoms with E-state index in [4.69, 9.17) is 14.7 Å². The Morgan fingerprint density at radius 3 is 2.61 bits per heavy atom. The van der Waals surface area contributed by atoms with Crippen LogP contribution in [-0.2, 0) is 17.8 Å². The van der Waals surface area contributed by atoms with Gasteiger partial charge in [0.1, 0.15) is 12.4 Å². The minimum atomic E-state index is 0.0786. The topological polar surface area (TPSA) is 73.8 Å². The van der Waals surface area contributed by atoms with Gasteiger partial charge >= 0.3 is 6.01 Å². The first kappa shape index (κ1) is 23.0. The largest absolute Gasteiger partial charge is 0.461 e. The number of hydrogen-bond acceptors (Lipinski definition) is 7. The minimum absolute atomic E-state index is 0.0786. The predicted octanol–water partition coefficient (Wildman–Crippen LogP) is 2.91. The molecule has 188 valence electrons. The van der Waals surface area contributed by atoms with Crippen LogP contribution in [0.25, 0.3) is 10.8 Å². The quantitative estimate of drug-likeness (QED) is 0.595. The van der Waals surface area contributed by atoms with E-state index < -0.39 is 0 Å². The van der Waals surface area contributed by atoms with Crippen molar-refractivity contribution >= 4 is 28.2 Å². The van der Waals surface area contributed by atoms with Gasteiger partial charge < -0.3 is 24.8 Å². The molecule has 0 spiro atoms. The highest BCUT2D eigenvalue weighted by Gasteiger charge is 2.30. The lowest BCUT2D eigenvalue weighted by Crippen LogP contribution is -2.45. The number of carbonyl (C=O) groups excluding carboxylic acids is 1. The molecule has 36 heavy (non-hydrogen) atoms. The smallest absolute Gasteiger partial charge is 0.318 e. The third kappa shape index (κ3) is 4.23. The van der Waals surface area contributed by atoms with Gasteiger partial charge in [0.25, 0.3) is 0 Å². The standard InChI is InChI=1S/C28H34N6O2/c1-19-5-3-6-20-7-4-8-24(26(19)20)34-14-11-22-23(17-34)30-28(31-27(22)33-15-12-29-13-16-33)36-18-21-9-10-25(35)32(21)2/h3-8,21,29H,9-18H2,1-2H3/t21-/m0/s1. The van der Waals surface area contributed by atoms with Crippen LogP contribution in [0.3, 0.4) is 0 Å². The Labute approximate surface area is 212 Å². The number of aromatic nitrogens is 2. The summed E-state index contributed by atoms with van der Waals surface area (Å²) in [4.78, 5) is 28.4. The molecule has 2 fully saturated rings. The lowest BCUT2D eigenvalue weighted by molar-refractivity contribution is -0.127. The number of ether oxygens (including phenoxy) is 1. The SMILES string of the molecule is Cc1cccc2cccc(N3CCc4c(nc(OC[C@@H]5CCC(=O)N5C)nc4N4CCNCC4)C3)c12. The van der Waals surface area contributed by atoms with Gasteiger partial charge in [-0.1, -0.05) is 30.3 Å². The summed E-state index contributed by atoms with van der Waals surface area (Å²) in [6.07, 6.45) is 2.30. The summed E-state index contributed by atoms with van der Waals surface area (Å²) in [6, 6.07) is 13.6. The van der Waals surface area contributed by atoms with Crippen molar-refractivity contribution in [3.63, 3.8) is 0 Å². The molecular formula is C28H34N6O2. The van der Waals surface area contributed by atoms with Crippen LogP contribution in [0.4, 0.5) is 11.5 Å². The molecule has 6 rings (SSSR count). The second kappa shape index (κ2) is 9.58. The maximum Gasteiger partial charge on any atom is 0.318 e. The molecule has 2 aromatic carbocycles. The summed E-state index contributed by atoms with van der Waals surface area (Å²) in [5, 5.41) is 6.02. The van der Waals surface area contributed by atoms with Gasteiger partial charge in [0.2, 0.25) is 5.91 Å². The van der Waals surface area contributed by atoms with Crippen LogP contribution in [0.2, 0.25) is 0 Å². The molecule has 1 atom stereocenters. The zero-order valence-electron chi connectivity index (χ0n) is 21.2. The fourth-order valence-electron chi connectivity index (χ4n) is 5.80. The van der Waals surface area contributed by atoms with E-state index in [1.165, 1.54) is 27.6 Å². The molecule has 3 aromatic rings. The van der Waals surface area contributed by atoms with Crippen LogP contribution in [0, 0.1) is 6.92 Å². The second-order valence-corrected chi connectivity index (χ2v) is 10.1. The zero-order chi connectivity index (χ0) is 24.6. The van der Waals surface area contributed by atoms with Crippen LogP contribution >= 0.6 is 0 Å². The monoisotopic (exact) mass is 486 g/mol. The minimum Gasteiger partial charge on any atom is -0.461 e. The van der Waals surface area contributed by atoms with E-state index >= 15 is 0 Å². The zero-order valence-corrected chi connectivity index (χ0v) is 21.2. The van der Waals surface area contributed by atoms with E-state index in [1.807, 2.05) is 7.05 Å².